The van der Waals surface area contributed by atoms with Crippen molar-refractivity contribution in [3.63, 3.8) is 0 Å². The van der Waals surface area contributed by atoms with E-state index >= 15 is 0 Å². The van der Waals surface area contributed by atoms with Gasteiger partial charge in [-0.2, -0.15) is 0 Å². The SMILES string of the molecule is CCCCNC(=O)[C@@H](C)N(Cc1ccccc1Cl)C(=O)COc1cc(C)cc(C)c1. The van der Waals surface area contributed by atoms with Gasteiger partial charge < -0.3 is 15.0 Å². The summed E-state index contributed by atoms with van der Waals surface area (Å²) in [5.74, 6) is 0.182. The molecule has 2 aromatic carbocycles. The van der Waals surface area contributed by atoms with E-state index in [4.69, 9.17) is 16.3 Å². The van der Waals surface area contributed by atoms with Gasteiger partial charge in [0.1, 0.15) is 11.8 Å². The van der Waals surface area contributed by atoms with Crippen molar-refractivity contribution in [1.82, 2.24) is 10.2 Å². The summed E-state index contributed by atoms with van der Waals surface area (Å²) in [4.78, 5) is 27.2. The molecule has 0 aliphatic carbocycles. The Morgan fingerprint density at radius 2 is 1.80 bits per heavy atom. The number of aryl methyl sites for hydroxylation is 2. The monoisotopic (exact) mass is 430 g/mol. The zero-order chi connectivity index (χ0) is 22.1. The number of carbonyl (C=O) groups is 2. The lowest BCUT2D eigenvalue weighted by Crippen LogP contribution is -2.49. The summed E-state index contributed by atoms with van der Waals surface area (Å²) >= 11 is 6.30. The van der Waals surface area contributed by atoms with Gasteiger partial charge in [-0.05, 0) is 62.1 Å². The van der Waals surface area contributed by atoms with Crippen LogP contribution < -0.4 is 10.1 Å². The molecule has 0 aliphatic heterocycles. The summed E-state index contributed by atoms with van der Waals surface area (Å²) < 4.78 is 5.75. The van der Waals surface area contributed by atoms with E-state index in [1.807, 2.05) is 50.2 Å². The number of unbranched alkanes of at least 4 members (excludes halogenated alkanes) is 1. The standard InChI is InChI=1S/C24H31ClN2O3/c1-5-6-11-26-24(29)19(4)27(15-20-9-7-8-10-22(20)25)23(28)16-30-21-13-17(2)12-18(3)14-21/h7-10,12-14,19H,5-6,11,15-16H2,1-4H3,(H,26,29)/t19-/m1/s1. The highest BCUT2D eigenvalue weighted by Crippen LogP contribution is 2.20. The van der Waals surface area contributed by atoms with Crippen molar-refractivity contribution >= 4 is 23.4 Å². The summed E-state index contributed by atoms with van der Waals surface area (Å²) in [6.45, 7) is 8.42. The third kappa shape index (κ3) is 7.06. The number of halogens is 1. The Morgan fingerprint density at radius 3 is 2.43 bits per heavy atom. The van der Waals surface area contributed by atoms with E-state index in [1.165, 1.54) is 4.90 Å². The Kier molecular flexibility index (Phi) is 9.18. The lowest BCUT2D eigenvalue weighted by Gasteiger charge is -2.29. The highest BCUT2D eigenvalue weighted by Gasteiger charge is 2.27. The van der Waals surface area contributed by atoms with Crippen LogP contribution in [0.15, 0.2) is 42.5 Å². The van der Waals surface area contributed by atoms with Gasteiger partial charge >= 0.3 is 0 Å². The molecule has 2 aromatic rings. The van der Waals surface area contributed by atoms with Crippen LogP contribution >= 0.6 is 11.6 Å². The predicted octanol–water partition coefficient (Wildman–Crippen LogP) is 4.67. The van der Waals surface area contributed by atoms with Crippen LogP contribution in [-0.4, -0.2) is 35.9 Å². The van der Waals surface area contributed by atoms with Gasteiger partial charge in [-0.1, -0.05) is 49.2 Å². The van der Waals surface area contributed by atoms with Gasteiger partial charge in [-0.15, -0.1) is 0 Å². The van der Waals surface area contributed by atoms with Crippen LogP contribution in [0.3, 0.4) is 0 Å². The van der Waals surface area contributed by atoms with Gasteiger partial charge in [0.25, 0.3) is 5.91 Å². The van der Waals surface area contributed by atoms with Gasteiger partial charge in [0.2, 0.25) is 5.91 Å². The Morgan fingerprint density at radius 1 is 1.13 bits per heavy atom. The number of rotatable bonds is 10. The number of amides is 2. The number of ether oxygens (including phenoxy) is 1. The molecule has 0 saturated carbocycles. The van der Waals surface area contributed by atoms with E-state index < -0.39 is 6.04 Å². The molecular formula is C24H31ClN2O3. The fraction of sp³-hybridized carbons (Fsp3) is 0.417. The maximum atomic E-state index is 13.1. The quantitative estimate of drug-likeness (QED) is 0.557. The van der Waals surface area contributed by atoms with Gasteiger partial charge in [-0.3, -0.25) is 9.59 Å². The van der Waals surface area contributed by atoms with Crippen LogP contribution in [0.25, 0.3) is 0 Å². The molecule has 0 spiro atoms. The number of benzene rings is 2. The predicted molar refractivity (Wildman–Crippen MR) is 121 cm³/mol. The summed E-state index contributed by atoms with van der Waals surface area (Å²) in [7, 11) is 0. The summed E-state index contributed by atoms with van der Waals surface area (Å²) in [5.41, 5.74) is 2.91. The molecule has 0 unspecified atom stereocenters. The molecule has 1 N–H and O–H groups in total. The molecule has 0 radical (unpaired) electrons. The Bertz CT molecular complexity index is 849. The number of nitrogens with zero attached hydrogens (tertiary/aromatic N) is 1. The van der Waals surface area contributed by atoms with Crippen molar-refractivity contribution < 1.29 is 14.3 Å². The third-order valence-electron chi connectivity index (χ3n) is 4.85. The van der Waals surface area contributed by atoms with E-state index in [2.05, 4.69) is 12.2 Å². The normalized spacial score (nSPS) is 11.6. The van der Waals surface area contributed by atoms with E-state index in [-0.39, 0.29) is 25.0 Å². The molecule has 0 heterocycles. The highest BCUT2D eigenvalue weighted by molar-refractivity contribution is 6.31. The fourth-order valence-corrected chi connectivity index (χ4v) is 3.37. The van der Waals surface area contributed by atoms with Crippen molar-refractivity contribution in [2.75, 3.05) is 13.2 Å². The number of nitrogens with one attached hydrogen (secondary N) is 1. The average Bonchev–Trinajstić information content (AvgIpc) is 2.70. The molecule has 0 saturated heterocycles. The van der Waals surface area contributed by atoms with E-state index in [0.29, 0.717) is 17.3 Å². The first kappa shape index (κ1) is 23.7. The molecule has 30 heavy (non-hydrogen) atoms. The zero-order valence-electron chi connectivity index (χ0n) is 18.2. The minimum atomic E-state index is -0.645. The molecule has 162 valence electrons. The van der Waals surface area contributed by atoms with Gasteiger partial charge in [-0.25, -0.2) is 0 Å². The topological polar surface area (TPSA) is 58.6 Å². The van der Waals surface area contributed by atoms with Crippen molar-refractivity contribution in [2.45, 2.75) is 53.1 Å². The van der Waals surface area contributed by atoms with Crippen LogP contribution in [0, 0.1) is 13.8 Å². The second kappa shape index (κ2) is 11.6. The van der Waals surface area contributed by atoms with Crippen molar-refractivity contribution in [3.05, 3.63) is 64.2 Å². The van der Waals surface area contributed by atoms with Crippen LogP contribution in [0.4, 0.5) is 0 Å². The maximum absolute atomic E-state index is 13.1. The largest absolute Gasteiger partial charge is 0.484 e. The second-order valence-corrected chi connectivity index (χ2v) is 7.95. The first-order valence-corrected chi connectivity index (χ1v) is 10.7. The molecule has 0 aromatic heterocycles. The maximum Gasteiger partial charge on any atom is 0.261 e. The van der Waals surface area contributed by atoms with Crippen molar-refractivity contribution in [2.24, 2.45) is 0 Å². The summed E-state index contributed by atoms with van der Waals surface area (Å²) in [6.07, 6.45) is 1.88. The lowest BCUT2D eigenvalue weighted by atomic mass is 10.1. The second-order valence-electron chi connectivity index (χ2n) is 7.55. The van der Waals surface area contributed by atoms with Gasteiger partial charge in [0.05, 0.1) is 0 Å². The lowest BCUT2D eigenvalue weighted by molar-refractivity contribution is -0.142. The molecule has 0 fully saturated rings. The molecule has 0 bridgehead atoms. The van der Waals surface area contributed by atoms with Crippen molar-refractivity contribution in [3.8, 4) is 5.75 Å². The smallest absolute Gasteiger partial charge is 0.261 e. The van der Waals surface area contributed by atoms with Crippen molar-refractivity contribution in [1.29, 1.82) is 0 Å². The van der Waals surface area contributed by atoms with Gasteiger partial charge in [0, 0.05) is 18.1 Å². The summed E-state index contributed by atoms with van der Waals surface area (Å²) in [5, 5.41) is 3.46. The van der Waals surface area contributed by atoms with Crippen LogP contribution in [0.1, 0.15) is 43.4 Å². The molecule has 2 amide bonds. The number of hydrogen-bond donors (Lipinski definition) is 1. The van der Waals surface area contributed by atoms with E-state index in [0.717, 1.165) is 29.5 Å². The molecule has 0 aliphatic rings. The van der Waals surface area contributed by atoms with E-state index in [9.17, 15) is 9.59 Å². The minimum absolute atomic E-state index is 0.153. The Hall–Kier alpha value is -2.53. The third-order valence-corrected chi connectivity index (χ3v) is 5.22. The molecule has 6 heteroatoms. The summed E-state index contributed by atoms with van der Waals surface area (Å²) in [6, 6.07) is 12.5. The fourth-order valence-electron chi connectivity index (χ4n) is 3.17. The van der Waals surface area contributed by atoms with Crippen LogP contribution in [0.5, 0.6) is 5.75 Å². The van der Waals surface area contributed by atoms with Crippen LogP contribution in [0.2, 0.25) is 5.02 Å². The Balaban J connectivity index is 2.15. The molecule has 2 rings (SSSR count). The number of hydrogen-bond acceptors (Lipinski definition) is 3. The average molecular weight is 431 g/mol. The zero-order valence-corrected chi connectivity index (χ0v) is 19.0. The highest BCUT2D eigenvalue weighted by atomic mass is 35.5. The van der Waals surface area contributed by atoms with Gasteiger partial charge in [0.15, 0.2) is 6.61 Å². The van der Waals surface area contributed by atoms with E-state index in [1.54, 1.807) is 13.0 Å². The molecule has 1 atom stereocenters. The van der Waals surface area contributed by atoms with Crippen LogP contribution in [-0.2, 0) is 16.1 Å². The number of carbonyl (C=O) groups excluding carboxylic acids is 2. The first-order chi connectivity index (χ1) is 14.3. The minimum Gasteiger partial charge on any atom is -0.484 e. The first-order valence-electron chi connectivity index (χ1n) is 10.3. The molecular weight excluding hydrogens is 400 g/mol. The molecule has 5 nitrogen and oxygen atoms in total. The Labute approximate surface area is 184 Å².